The van der Waals surface area contributed by atoms with E-state index in [0.29, 0.717) is 5.92 Å². The van der Waals surface area contributed by atoms with Crippen LogP contribution in [0, 0.1) is 12.8 Å². The minimum Gasteiger partial charge on any atom is -0.373 e. The van der Waals surface area contributed by atoms with Gasteiger partial charge in [-0.3, -0.25) is 4.98 Å². The maximum Gasteiger partial charge on any atom is 0.0880 e. The van der Waals surface area contributed by atoms with Crippen molar-refractivity contribution < 1.29 is 4.74 Å². The number of hydrogen-bond donors (Lipinski definition) is 1. The summed E-state index contributed by atoms with van der Waals surface area (Å²) in [5.74, 6) is 0.550. The van der Waals surface area contributed by atoms with E-state index in [1.54, 1.807) is 0 Å². The number of ether oxygens (including phenoxy) is 1. The fraction of sp³-hybridized carbons (Fsp3) is 0.667. The highest BCUT2D eigenvalue weighted by Crippen LogP contribution is 2.34. The third-order valence-electron chi connectivity index (χ3n) is 3.37. The second-order valence-corrected chi connectivity index (χ2v) is 6.20. The fourth-order valence-corrected chi connectivity index (χ4v) is 2.30. The summed E-state index contributed by atoms with van der Waals surface area (Å²) in [6, 6.07) is 4.20. The van der Waals surface area contributed by atoms with E-state index in [4.69, 9.17) is 4.74 Å². The molecule has 100 valence electrons. The molecule has 0 radical (unpaired) electrons. The van der Waals surface area contributed by atoms with Gasteiger partial charge in [0.1, 0.15) is 0 Å². The average Bonchev–Trinajstić information content (AvgIpc) is 2.75. The zero-order valence-electron chi connectivity index (χ0n) is 11.9. The molecule has 0 spiro atoms. The zero-order valence-corrected chi connectivity index (χ0v) is 11.9. The Hall–Kier alpha value is -0.930. The molecule has 2 unspecified atom stereocenters. The molecule has 1 aromatic rings. The lowest BCUT2D eigenvalue weighted by molar-refractivity contribution is 0.0886. The van der Waals surface area contributed by atoms with Crippen LogP contribution in [0.4, 0.5) is 0 Å². The third-order valence-corrected chi connectivity index (χ3v) is 3.37. The molecular weight excluding hydrogens is 224 g/mol. The van der Waals surface area contributed by atoms with E-state index in [9.17, 15) is 0 Å². The van der Waals surface area contributed by atoms with Gasteiger partial charge in [-0.1, -0.05) is 6.07 Å². The summed E-state index contributed by atoms with van der Waals surface area (Å²) < 4.78 is 5.88. The molecule has 18 heavy (non-hydrogen) atoms. The van der Waals surface area contributed by atoms with Gasteiger partial charge in [0.05, 0.1) is 6.10 Å². The van der Waals surface area contributed by atoms with Gasteiger partial charge >= 0.3 is 0 Å². The van der Waals surface area contributed by atoms with Gasteiger partial charge in [-0.2, -0.15) is 0 Å². The van der Waals surface area contributed by atoms with E-state index in [-0.39, 0.29) is 11.6 Å². The zero-order chi connectivity index (χ0) is 13.2. The predicted molar refractivity (Wildman–Crippen MR) is 73.5 cm³/mol. The van der Waals surface area contributed by atoms with Crippen LogP contribution in [0.3, 0.4) is 0 Å². The van der Waals surface area contributed by atoms with Gasteiger partial charge < -0.3 is 10.1 Å². The largest absolute Gasteiger partial charge is 0.373 e. The minimum absolute atomic E-state index is 0.165. The van der Waals surface area contributed by atoms with E-state index < -0.39 is 0 Å². The van der Waals surface area contributed by atoms with Crippen LogP contribution in [0.1, 0.15) is 44.6 Å². The van der Waals surface area contributed by atoms with Crippen molar-refractivity contribution in [3.63, 3.8) is 0 Å². The molecule has 3 nitrogen and oxygen atoms in total. The SMILES string of the molecule is Cc1ccc(C2OCCC2CNC(C)(C)C)cn1. The summed E-state index contributed by atoms with van der Waals surface area (Å²) in [4.78, 5) is 4.37. The highest BCUT2D eigenvalue weighted by Gasteiger charge is 2.30. The molecule has 3 heteroatoms. The number of aryl methyl sites for hydroxylation is 1. The van der Waals surface area contributed by atoms with Gasteiger partial charge in [0, 0.05) is 36.5 Å². The highest BCUT2D eigenvalue weighted by molar-refractivity contribution is 5.17. The van der Waals surface area contributed by atoms with Crippen LogP contribution in [-0.2, 0) is 4.74 Å². The molecule has 1 N–H and O–H groups in total. The van der Waals surface area contributed by atoms with Crippen molar-refractivity contribution in [2.45, 2.75) is 45.8 Å². The molecule has 2 heterocycles. The van der Waals surface area contributed by atoms with Crippen molar-refractivity contribution in [3.8, 4) is 0 Å². The molecule has 1 aliphatic rings. The molecule has 0 bridgehead atoms. The van der Waals surface area contributed by atoms with E-state index in [1.165, 1.54) is 5.56 Å². The number of pyridine rings is 1. The Morgan fingerprint density at radius 2 is 2.17 bits per heavy atom. The molecule has 1 aliphatic heterocycles. The van der Waals surface area contributed by atoms with Crippen LogP contribution in [-0.4, -0.2) is 23.7 Å². The van der Waals surface area contributed by atoms with Gasteiger partial charge in [0.2, 0.25) is 0 Å². The number of nitrogens with zero attached hydrogens (tertiary/aromatic N) is 1. The Morgan fingerprint density at radius 3 is 2.78 bits per heavy atom. The summed E-state index contributed by atoms with van der Waals surface area (Å²) in [6.07, 6.45) is 3.28. The molecular formula is C15H24N2O. The Balaban J connectivity index is 2.01. The molecule has 1 aromatic heterocycles. The predicted octanol–water partition coefficient (Wildman–Crippen LogP) is 2.86. The van der Waals surface area contributed by atoms with Crippen molar-refractivity contribution >= 4 is 0 Å². The molecule has 1 saturated heterocycles. The first-order valence-corrected chi connectivity index (χ1v) is 6.75. The van der Waals surface area contributed by atoms with Crippen LogP contribution in [0.5, 0.6) is 0 Å². The number of aromatic nitrogens is 1. The summed E-state index contributed by atoms with van der Waals surface area (Å²) in [5.41, 5.74) is 2.43. The highest BCUT2D eigenvalue weighted by atomic mass is 16.5. The third kappa shape index (κ3) is 3.53. The number of rotatable bonds is 3. The Morgan fingerprint density at radius 1 is 1.39 bits per heavy atom. The van der Waals surface area contributed by atoms with Crippen molar-refractivity contribution in [3.05, 3.63) is 29.6 Å². The summed E-state index contributed by atoms with van der Waals surface area (Å²) >= 11 is 0. The number of hydrogen-bond acceptors (Lipinski definition) is 3. The standard InChI is InChI=1S/C15H24N2O/c1-11-5-6-12(9-16-11)14-13(7-8-18-14)10-17-15(2,3)4/h5-6,9,13-14,17H,7-8,10H2,1-4H3. The van der Waals surface area contributed by atoms with Gasteiger partial charge in [0.25, 0.3) is 0 Å². The Labute approximate surface area is 110 Å². The molecule has 2 rings (SSSR count). The van der Waals surface area contributed by atoms with Crippen molar-refractivity contribution in [2.75, 3.05) is 13.2 Å². The molecule has 0 amide bonds. The van der Waals surface area contributed by atoms with Crippen LogP contribution in [0.2, 0.25) is 0 Å². The van der Waals surface area contributed by atoms with E-state index >= 15 is 0 Å². The average molecular weight is 248 g/mol. The molecule has 2 atom stereocenters. The normalized spacial score (nSPS) is 24.4. The number of nitrogens with one attached hydrogen (secondary N) is 1. The van der Waals surface area contributed by atoms with Crippen molar-refractivity contribution in [1.82, 2.24) is 10.3 Å². The first-order chi connectivity index (χ1) is 8.46. The molecule has 0 aliphatic carbocycles. The first kappa shape index (κ1) is 13.5. The van der Waals surface area contributed by atoms with Crippen molar-refractivity contribution in [2.24, 2.45) is 5.92 Å². The summed E-state index contributed by atoms with van der Waals surface area (Å²) in [5, 5.41) is 3.57. The smallest absolute Gasteiger partial charge is 0.0880 e. The van der Waals surface area contributed by atoms with Crippen molar-refractivity contribution in [1.29, 1.82) is 0 Å². The van der Waals surface area contributed by atoms with Gasteiger partial charge in [-0.05, 0) is 45.7 Å². The van der Waals surface area contributed by atoms with Crippen LogP contribution in [0.15, 0.2) is 18.3 Å². The maximum atomic E-state index is 5.88. The summed E-state index contributed by atoms with van der Waals surface area (Å²) in [7, 11) is 0. The summed E-state index contributed by atoms with van der Waals surface area (Å²) in [6.45, 7) is 10.5. The van der Waals surface area contributed by atoms with E-state index in [2.05, 4.69) is 43.2 Å². The van der Waals surface area contributed by atoms with E-state index in [0.717, 1.165) is 25.3 Å². The van der Waals surface area contributed by atoms with Crippen LogP contribution in [0.25, 0.3) is 0 Å². The van der Waals surface area contributed by atoms with Gasteiger partial charge in [0.15, 0.2) is 0 Å². The minimum atomic E-state index is 0.165. The van der Waals surface area contributed by atoms with Crippen LogP contribution < -0.4 is 5.32 Å². The lowest BCUT2D eigenvalue weighted by Crippen LogP contribution is -2.39. The molecule has 1 fully saturated rings. The first-order valence-electron chi connectivity index (χ1n) is 6.75. The van der Waals surface area contributed by atoms with E-state index in [1.807, 2.05) is 13.1 Å². The monoisotopic (exact) mass is 248 g/mol. The lowest BCUT2D eigenvalue weighted by atomic mass is 9.95. The second-order valence-electron chi connectivity index (χ2n) is 6.20. The Bertz CT molecular complexity index is 380. The van der Waals surface area contributed by atoms with Crippen LogP contribution >= 0.6 is 0 Å². The lowest BCUT2D eigenvalue weighted by Gasteiger charge is -2.25. The second kappa shape index (κ2) is 5.37. The maximum absolute atomic E-state index is 5.88. The Kier molecular flexibility index (Phi) is 4.03. The quantitative estimate of drug-likeness (QED) is 0.893. The topological polar surface area (TPSA) is 34.1 Å². The molecule has 0 aromatic carbocycles. The molecule has 0 saturated carbocycles. The van der Waals surface area contributed by atoms with Gasteiger partial charge in [-0.25, -0.2) is 0 Å². The van der Waals surface area contributed by atoms with Gasteiger partial charge in [-0.15, -0.1) is 0 Å². The fourth-order valence-electron chi connectivity index (χ4n) is 2.30.